The Balaban J connectivity index is 1.72. The third-order valence-electron chi connectivity index (χ3n) is 5.57. The van der Waals surface area contributed by atoms with E-state index in [9.17, 15) is 20.1 Å². The lowest BCUT2D eigenvalue weighted by Gasteiger charge is -2.35. The predicted molar refractivity (Wildman–Crippen MR) is 99.4 cm³/mol. The maximum atomic E-state index is 12.8. The third kappa shape index (κ3) is 3.10. The molecule has 0 aliphatic carbocycles. The number of aromatic hydroxyl groups is 3. The van der Waals surface area contributed by atoms with Crippen LogP contribution in [0.2, 0.25) is 0 Å². The number of ether oxygens (including phenoxy) is 1. The van der Waals surface area contributed by atoms with Gasteiger partial charge in [0.25, 0.3) is 0 Å². The quantitative estimate of drug-likeness (QED) is 0.748. The first kappa shape index (κ1) is 17.7. The standard InChI is InChI=1S/C21H23NO5/c1-22-9-3-2-4-14(22)19-15(24)11-18-20(21(19)26)16(25)10-17(27-18)12-5-7-13(23)8-6-12/h5-8,11,14,17,23-24,26H,2-4,9-10H2,1H3/t14-,17+/m1/s1. The minimum Gasteiger partial charge on any atom is -0.508 e. The molecular formula is C21H23NO5. The van der Waals surface area contributed by atoms with Crippen LogP contribution in [0, 0.1) is 0 Å². The highest BCUT2D eigenvalue weighted by molar-refractivity contribution is 6.03. The minimum absolute atomic E-state index is 0.0517. The highest BCUT2D eigenvalue weighted by Crippen LogP contribution is 2.48. The topological polar surface area (TPSA) is 90.2 Å². The predicted octanol–water partition coefficient (Wildman–Crippen LogP) is 3.67. The Kier molecular flexibility index (Phi) is 4.44. The maximum Gasteiger partial charge on any atom is 0.174 e. The second-order valence-corrected chi connectivity index (χ2v) is 7.35. The average Bonchev–Trinajstić information content (AvgIpc) is 2.63. The molecule has 2 aromatic carbocycles. The van der Waals surface area contributed by atoms with Gasteiger partial charge in [0.2, 0.25) is 0 Å². The molecule has 2 aliphatic heterocycles. The van der Waals surface area contributed by atoms with E-state index in [4.69, 9.17) is 4.74 Å². The number of rotatable bonds is 2. The summed E-state index contributed by atoms with van der Waals surface area (Å²) >= 11 is 0. The lowest BCUT2D eigenvalue weighted by molar-refractivity contribution is 0.0842. The van der Waals surface area contributed by atoms with E-state index < -0.39 is 6.10 Å². The van der Waals surface area contributed by atoms with Gasteiger partial charge in [0.1, 0.15) is 34.7 Å². The summed E-state index contributed by atoms with van der Waals surface area (Å²) in [6.07, 6.45) is 2.49. The Morgan fingerprint density at radius 1 is 1.11 bits per heavy atom. The molecule has 2 aromatic rings. The molecule has 0 radical (unpaired) electrons. The van der Waals surface area contributed by atoms with E-state index in [0.29, 0.717) is 5.56 Å². The monoisotopic (exact) mass is 369 g/mol. The van der Waals surface area contributed by atoms with E-state index >= 15 is 0 Å². The number of Topliss-reactive ketones (excluding diaryl/α,β-unsaturated/α-hetero) is 1. The first-order chi connectivity index (χ1) is 13.0. The first-order valence-electron chi connectivity index (χ1n) is 9.23. The molecular weight excluding hydrogens is 346 g/mol. The molecule has 0 bridgehead atoms. The highest BCUT2D eigenvalue weighted by atomic mass is 16.5. The SMILES string of the molecule is CN1CCCC[C@@H]1c1c(O)cc2c(c1O)C(=O)C[C@@H](c1ccc(O)cc1)O2. The molecule has 3 N–H and O–H groups in total. The van der Waals surface area contributed by atoms with Gasteiger partial charge in [0.15, 0.2) is 5.78 Å². The smallest absolute Gasteiger partial charge is 0.174 e. The number of benzene rings is 2. The number of carbonyl (C=O) groups excluding carboxylic acids is 1. The molecule has 6 heteroatoms. The Labute approximate surface area is 157 Å². The molecule has 4 rings (SSSR count). The molecule has 0 saturated carbocycles. The highest BCUT2D eigenvalue weighted by Gasteiger charge is 2.35. The van der Waals surface area contributed by atoms with E-state index in [2.05, 4.69) is 4.90 Å². The van der Waals surface area contributed by atoms with E-state index in [1.807, 2.05) is 7.05 Å². The van der Waals surface area contributed by atoms with Crippen LogP contribution in [0.25, 0.3) is 0 Å². The summed E-state index contributed by atoms with van der Waals surface area (Å²) in [5.41, 5.74) is 1.31. The van der Waals surface area contributed by atoms with Crippen molar-refractivity contribution in [2.75, 3.05) is 13.6 Å². The van der Waals surface area contributed by atoms with Crippen molar-refractivity contribution < 1.29 is 24.9 Å². The molecule has 2 heterocycles. The number of carbonyl (C=O) groups is 1. The van der Waals surface area contributed by atoms with Crippen molar-refractivity contribution in [3.63, 3.8) is 0 Å². The number of ketones is 1. The molecule has 6 nitrogen and oxygen atoms in total. The minimum atomic E-state index is -0.521. The molecule has 0 amide bonds. The van der Waals surface area contributed by atoms with Crippen LogP contribution < -0.4 is 4.74 Å². The van der Waals surface area contributed by atoms with E-state index in [1.54, 1.807) is 12.1 Å². The van der Waals surface area contributed by atoms with Gasteiger partial charge < -0.3 is 20.1 Å². The van der Waals surface area contributed by atoms with Crippen LogP contribution in [0.3, 0.4) is 0 Å². The van der Waals surface area contributed by atoms with Crippen LogP contribution in [0.15, 0.2) is 30.3 Å². The van der Waals surface area contributed by atoms with Gasteiger partial charge in [-0.15, -0.1) is 0 Å². The number of hydrogen-bond acceptors (Lipinski definition) is 6. The van der Waals surface area contributed by atoms with Crippen molar-refractivity contribution in [1.82, 2.24) is 4.90 Å². The van der Waals surface area contributed by atoms with Crippen molar-refractivity contribution in [2.45, 2.75) is 37.8 Å². The zero-order valence-electron chi connectivity index (χ0n) is 15.2. The zero-order chi connectivity index (χ0) is 19.1. The van der Waals surface area contributed by atoms with Gasteiger partial charge in [-0.3, -0.25) is 9.69 Å². The molecule has 2 aliphatic rings. The summed E-state index contributed by atoms with van der Waals surface area (Å²) < 4.78 is 5.92. The molecule has 1 fully saturated rings. The number of piperidine rings is 1. The summed E-state index contributed by atoms with van der Waals surface area (Å²) in [7, 11) is 1.96. The van der Waals surface area contributed by atoms with Gasteiger partial charge in [-0.1, -0.05) is 18.6 Å². The summed E-state index contributed by atoms with van der Waals surface area (Å²) in [6.45, 7) is 0.883. The summed E-state index contributed by atoms with van der Waals surface area (Å²) in [5.74, 6) is -0.104. The van der Waals surface area contributed by atoms with Crippen LogP contribution in [0.1, 0.15) is 59.3 Å². The number of fused-ring (bicyclic) bond motifs is 1. The van der Waals surface area contributed by atoms with E-state index in [1.165, 1.54) is 18.2 Å². The number of phenols is 3. The lowest BCUT2D eigenvalue weighted by atomic mass is 9.89. The van der Waals surface area contributed by atoms with E-state index in [-0.39, 0.29) is 46.8 Å². The average molecular weight is 369 g/mol. The third-order valence-corrected chi connectivity index (χ3v) is 5.57. The van der Waals surface area contributed by atoms with Crippen molar-refractivity contribution in [3.05, 3.63) is 47.0 Å². The van der Waals surface area contributed by atoms with Crippen molar-refractivity contribution in [2.24, 2.45) is 0 Å². The molecule has 0 aromatic heterocycles. The summed E-state index contributed by atoms with van der Waals surface area (Å²) in [6, 6.07) is 7.79. The van der Waals surface area contributed by atoms with Crippen molar-refractivity contribution in [1.29, 1.82) is 0 Å². The second kappa shape index (κ2) is 6.78. The second-order valence-electron chi connectivity index (χ2n) is 7.35. The van der Waals surface area contributed by atoms with Crippen molar-refractivity contribution >= 4 is 5.78 Å². The van der Waals surface area contributed by atoms with E-state index in [0.717, 1.165) is 31.4 Å². The van der Waals surface area contributed by atoms with Gasteiger partial charge in [-0.2, -0.15) is 0 Å². The van der Waals surface area contributed by atoms with Crippen LogP contribution in [0.5, 0.6) is 23.0 Å². The fourth-order valence-corrected chi connectivity index (χ4v) is 4.12. The molecule has 2 atom stereocenters. The number of hydrogen-bond donors (Lipinski definition) is 3. The Morgan fingerprint density at radius 2 is 1.85 bits per heavy atom. The lowest BCUT2D eigenvalue weighted by Crippen LogP contribution is -2.30. The van der Waals surface area contributed by atoms with Crippen molar-refractivity contribution in [3.8, 4) is 23.0 Å². The number of likely N-dealkylation sites (tertiary alicyclic amines) is 1. The first-order valence-corrected chi connectivity index (χ1v) is 9.23. The fraction of sp³-hybridized carbons (Fsp3) is 0.381. The zero-order valence-corrected chi connectivity index (χ0v) is 15.2. The maximum absolute atomic E-state index is 12.8. The largest absolute Gasteiger partial charge is 0.508 e. The molecule has 0 spiro atoms. The summed E-state index contributed by atoms with van der Waals surface area (Å²) in [4.78, 5) is 14.9. The van der Waals surface area contributed by atoms with Crippen LogP contribution in [0.4, 0.5) is 0 Å². The normalized spacial score (nSPS) is 22.9. The van der Waals surface area contributed by atoms with Gasteiger partial charge in [-0.25, -0.2) is 0 Å². The van der Waals surface area contributed by atoms with Crippen LogP contribution >= 0.6 is 0 Å². The summed E-state index contributed by atoms with van der Waals surface area (Å²) in [5, 5.41) is 30.8. The van der Waals surface area contributed by atoms with Gasteiger partial charge >= 0.3 is 0 Å². The Bertz CT molecular complexity index is 877. The molecule has 0 unspecified atom stereocenters. The Morgan fingerprint density at radius 3 is 2.56 bits per heavy atom. The molecule has 27 heavy (non-hydrogen) atoms. The van der Waals surface area contributed by atoms with Crippen LogP contribution in [-0.2, 0) is 0 Å². The fourth-order valence-electron chi connectivity index (χ4n) is 4.12. The van der Waals surface area contributed by atoms with Gasteiger partial charge in [-0.05, 0) is 44.1 Å². The molecule has 142 valence electrons. The number of nitrogens with zero attached hydrogens (tertiary/aromatic N) is 1. The Hall–Kier alpha value is -2.73. The number of phenolic OH excluding ortho intramolecular Hbond substituents is 3. The van der Waals surface area contributed by atoms with Gasteiger partial charge in [0.05, 0.1) is 12.0 Å². The van der Waals surface area contributed by atoms with Crippen LogP contribution in [-0.4, -0.2) is 39.6 Å². The van der Waals surface area contributed by atoms with Gasteiger partial charge in [0, 0.05) is 12.1 Å². The molecule has 1 saturated heterocycles.